The molecule has 39 heavy (non-hydrogen) atoms. The highest BCUT2D eigenvalue weighted by atomic mass is 16.5. The molecule has 2 fully saturated rings. The van der Waals surface area contributed by atoms with Gasteiger partial charge in [0.15, 0.2) is 17.4 Å². The van der Waals surface area contributed by atoms with Gasteiger partial charge in [-0.15, -0.1) is 12.3 Å². The Hall–Kier alpha value is -3.73. The zero-order valence-corrected chi connectivity index (χ0v) is 24.4. The Labute approximate surface area is 233 Å². The lowest BCUT2D eigenvalue weighted by atomic mass is 10.1. The van der Waals surface area contributed by atoms with Gasteiger partial charge in [-0.1, -0.05) is 27.7 Å². The van der Waals surface area contributed by atoms with Gasteiger partial charge in [0, 0.05) is 54.0 Å². The largest absolute Gasteiger partial charge is 0.492 e. The molecular formula is C31H43N5O3. The van der Waals surface area contributed by atoms with Crippen molar-refractivity contribution in [2.45, 2.75) is 86.1 Å². The van der Waals surface area contributed by atoms with Crippen molar-refractivity contribution in [3.05, 3.63) is 35.7 Å². The Morgan fingerprint density at radius 1 is 1.15 bits per heavy atom. The van der Waals surface area contributed by atoms with E-state index in [-0.39, 0.29) is 29.6 Å². The van der Waals surface area contributed by atoms with Gasteiger partial charge < -0.3 is 15.4 Å². The first-order chi connectivity index (χ1) is 18.8. The van der Waals surface area contributed by atoms with Gasteiger partial charge in [-0.2, -0.15) is 0 Å². The fraction of sp³-hybridized carbons (Fsp3) is 0.516. The summed E-state index contributed by atoms with van der Waals surface area (Å²) >= 11 is 0. The minimum atomic E-state index is -0.0377. The number of pyridine rings is 2. The summed E-state index contributed by atoms with van der Waals surface area (Å²) in [5.41, 5.74) is 2.73. The van der Waals surface area contributed by atoms with Crippen LogP contribution in [0.15, 0.2) is 29.5 Å². The van der Waals surface area contributed by atoms with E-state index < -0.39 is 0 Å². The second-order valence-corrected chi connectivity index (χ2v) is 9.41. The fourth-order valence-corrected chi connectivity index (χ4v) is 3.61. The SMILES string of the molecule is C#CCC.CC.CCC(C)N=C(C)c1ccnc(Nc2cc(NC(=O)C3CC3)ncc2C(=O)C2CC2)c1OC. The standard InChI is InChI=1S/C25H31N5O3.C4H6.C2H6/c1-5-14(2)28-15(3)18-10-11-26-24(23(18)33-4)29-20-12-21(30-25(32)17-8-9-17)27-13-19(20)22(31)16-6-7-16;1-3-4-2;1-2/h10-14,16-17H,5-9H2,1-4H3,(H2,26,27,29,30,32);1H,4H2,2H3;1-2H3. The van der Waals surface area contributed by atoms with Crippen LogP contribution in [0.4, 0.5) is 17.3 Å². The number of carbonyl (C=O) groups excluding carboxylic acids is 2. The van der Waals surface area contributed by atoms with Crippen molar-refractivity contribution in [1.82, 2.24) is 9.97 Å². The molecule has 8 nitrogen and oxygen atoms in total. The first-order valence-corrected chi connectivity index (χ1v) is 14.0. The predicted octanol–water partition coefficient (Wildman–Crippen LogP) is 6.83. The maximum Gasteiger partial charge on any atom is 0.228 e. The van der Waals surface area contributed by atoms with Crippen molar-refractivity contribution >= 4 is 34.7 Å². The number of rotatable bonds is 10. The summed E-state index contributed by atoms with van der Waals surface area (Å²) in [5, 5.41) is 6.13. The molecule has 8 heteroatoms. The van der Waals surface area contributed by atoms with Crippen molar-refractivity contribution in [3.8, 4) is 18.1 Å². The van der Waals surface area contributed by atoms with Crippen LogP contribution in [-0.4, -0.2) is 40.5 Å². The number of ketones is 1. The highest BCUT2D eigenvalue weighted by Crippen LogP contribution is 2.37. The lowest BCUT2D eigenvalue weighted by molar-refractivity contribution is -0.117. The number of carbonyl (C=O) groups is 2. The van der Waals surface area contributed by atoms with E-state index in [1.165, 1.54) is 6.20 Å². The van der Waals surface area contributed by atoms with Gasteiger partial charge in [0.05, 0.1) is 18.4 Å². The van der Waals surface area contributed by atoms with E-state index in [0.29, 0.717) is 28.6 Å². The van der Waals surface area contributed by atoms with E-state index in [1.807, 2.05) is 33.8 Å². The van der Waals surface area contributed by atoms with E-state index in [1.54, 1.807) is 19.4 Å². The van der Waals surface area contributed by atoms with E-state index in [0.717, 1.165) is 49.8 Å². The highest BCUT2D eigenvalue weighted by molar-refractivity contribution is 6.06. The molecule has 2 aromatic heterocycles. The molecule has 0 radical (unpaired) electrons. The average molecular weight is 534 g/mol. The average Bonchev–Trinajstić information content (AvgIpc) is 3.86. The number of nitrogens with one attached hydrogen (secondary N) is 2. The first-order valence-electron chi connectivity index (χ1n) is 14.0. The van der Waals surface area contributed by atoms with Crippen LogP contribution in [0.3, 0.4) is 0 Å². The molecule has 2 saturated carbocycles. The molecule has 210 valence electrons. The molecule has 1 atom stereocenters. The van der Waals surface area contributed by atoms with Crippen molar-refractivity contribution in [2.75, 3.05) is 17.7 Å². The number of ether oxygens (including phenoxy) is 1. The Kier molecular flexibility index (Phi) is 12.6. The van der Waals surface area contributed by atoms with Gasteiger partial charge in [-0.05, 0) is 52.0 Å². The summed E-state index contributed by atoms with van der Waals surface area (Å²) in [6.45, 7) is 12.1. The molecular weight excluding hydrogens is 490 g/mol. The van der Waals surface area contributed by atoms with Crippen molar-refractivity contribution in [1.29, 1.82) is 0 Å². The summed E-state index contributed by atoms with van der Waals surface area (Å²) in [4.78, 5) is 38.7. The minimum Gasteiger partial charge on any atom is -0.492 e. The van der Waals surface area contributed by atoms with E-state index in [2.05, 4.69) is 40.4 Å². The molecule has 2 aromatic rings. The summed E-state index contributed by atoms with van der Waals surface area (Å²) in [7, 11) is 1.59. The number of amides is 1. The fourth-order valence-electron chi connectivity index (χ4n) is 3.61. The molecule has 0 bridgehead atoms. The molecule has 0 saturated heterocycles. The first kappa shape index (κ1) is 31.5. The van der Waals surface area contributed by atoms with Gasteiger partial charge in [-0.25, -0.2) is 9.97 Å². The number of Topliss-reactive ketones (excluding diaryl/α,β-unsaturated/α-hetero) is 1. The Morgan fingerprint density at radius 3 is 2.33 bits per heavy atom. The van der Waals surface area contributed by atoms with Crippen LogP contribution in [0, 0.1) is 24.2 Å². The molecule has 1 amide bonds. The van der Waals surface area contributed by atoms with E-state index in [4.69, 9.17) is 16.2 Å². The van der Waals surface area contributed by atoms with Gasteiger partial charge in [0.2, 0.25) is 5.91 Å². The Balaban J connectivity index is 0.000000815. The number of anilines is 3. The number of aromatic nitrogens is 2. The second-order valence-electron chi connectivity index (χ2n) is 9.41. The van der Waals surface area contributed by atoms with Gasteiger partial charge in [0.25, 0.3) is 0 Å². The van der Waals surface area contributed by atoms with Gasteiger partial charge in [0.1, 0.15) is 5.82 Å². The molecule has 0 aliphatic heterocycles. The van der Waals surface area contributed by atoms with Crippen molar-refractivity contribution < 1.29 is 14.3 Å². The zero-order valence-electron chi connectivity index (χ0n) is 24.4. The molecule has 4 rings (SSSR count). The van der Waals surface area contributed by atoms with Crippen LogP contribution in [-0.2, 0) is 4.79 Å². The smallest absolute Gasteiger partial charge is 0.228 e. The number of hydrogen-bond acceptors (Lipinski definition) is 7. The molecule has 2 heterocycles. The third kappa shape index (κ3) is 9.20. The van der Waals surface area contributed by atoms with Crippen LogP contribution < -0.4 is 15.4 Å². The Bertz CT molecular complexity index is 1190. The predicted molar refractivity (Wildman–Crippen MR) is 159 cm³/mol. The normalized spacial score (nSPS) is 14.9. The van der Waals surface area contributed by atoms with E-state index in [9.17, 15) is 9.59 Å². The maximum atomic E-state index is 12.9. The maximum absolute atomic E-state index is 12.9. The zero-order chi connectivity index (χ0) is 28.9. The molecule has 2 aliphatic rings. The van der Waals surface area contributed by atoms with Crippen LogP contribution in [0.5, 0.6) is 5.75 Å². The van der Waals surface area contributed by atoms with Crippen LogP contribution >= 0.6 is 0 Å². The second kappa shape index (κ2) is 15.6. The van der Waals surface area contributed by atoms with Crippen molar-refractivity contribution in [3.63, 3.8) is 0 Å². The number of terminal acetylenes is 1. The summed E-state index contributed by atoms with van der Waals surface area (Å²) < 4.78 is 5.70. The van der Waals surface area contributed by atoms with E-state index >= 15 is 0 Å². The lowest BCUT2D eigenvalue weighted by Crippen LogP contribution is -2.16. The number of aliphatic imine (C=N–C) groups is 1. The summed E-state index contributed by atoms with van der Waals surface area (Å²) in [6.07, 6.45) is 13.4. The monoisotopic (exact) mass is 533 g/mol. The van der Waals surface area contributed by atoms with Crippen molar-refractivity contribution in [2.24, 2.45) is 16.8 Å². The number of nitrogens with zero attached hydrogens (tertiary/aromatic N) is 3. The van der Waals surface area contributed by atoms with Crippen LogP contribution in [0.2, 0.25) is 0 Å². The lowest BCUT2D eigenvalue weighted by Gasteiger charge is -2.17. The third-order valence-electron chi connectivity index (χ3n) is 6.28. The number of hydrogen-bond donors (Lipinski definition) is 2. The topological polar surface area (TPSA) is 106 Å². The third-order valence-corrected chi connectivity index (χ3v) is 6.28. The quantitative estimate of drug-likeness (QED) is 0.197. The molecule has 1 unspecified atom stereocenters. The summed E-state index contributed by atoms with van der Waals surface area (Å²) in [6, 6.07) is 3.76. The summed E-state index contributed by atoms with van der Waals surface area (Å²) in [5.74, 6) is 3.97. The Morgan fingerprint density at radius 2 is 1.79 bits per heavy atom. The van der Waals surface area contributed by atoms with Gasteiger partial charge >= 0.3 is 0 Å². The molecule has 2 aliphatic carbocycles. The van der Waals surface area contributed by atoms with Crippen LogP contribution in [0.1, 0.15) is 96.0 Å². The number of methoxy groups -OCH3 is 1. The molecule has 0 spiro atoms. The molecule has 2 N–H and O–H groups in total. The molecule has 0 aromatic carbocycles. The van der Waals surface area contributed by atoms with Crippen LogP contribution in [0.25, 0.3) is 0 Å². The minimum absolute atomic E-state index is 0.0327. The van der Waals surface area contributed by atoms with Gasteiger partial charge in [-0.3, -0.25) is 14.6 Å². The highest BCUT2D eigenvalue weighted by Gasteiger charge is 2.33.